The van der Waals surface area contributed by atoms with E-state index in [9.17, 15) is 9.90 Å². The van der Waals surface area contributed by atoms with Crippen LogP contribution in [0.25, 0.3) is 0 Å². The summed E-state index contributed by atoms with van der Waals surface area (Å²) < 4.78 is 5.45. The standard InChI is InChI=1S/C16H26N2O3/c1-12(19)9-17-10-13-5-7-14(8-6-13)21-11-15(20)18-16(2,3)4/h5-8,12,17,19H,9-11H2,1-4H3,(H,18,20)/p+1/t12-/m1/s1. The second-order valence-electron chi connectivity index (χ2n) is 6.31. The molecule has 4 N–H and O–H groups in total. The van der Waals surface area contributed by atoms with E-state index < -0.39 is 0 Å². The molecule has 0 aliphatic rings. The number of carbonyl (C=O) groups is 1. The number of ether oxygens (including phenoxy) is 1. The van der Waals surface area contributed by atoms with Gasteiger partial charge in [0, 0.05) is 11.1 Å². The molecule has 0 spiro atoms. The average molecular weight is 295 g/mol. The van der Waals surface area contributed by atoms with Crippen molar-refractivity contribution in [2.45, 2.75) is 45.9 Å². The lowest BCUT2D eigenvalue weighted by atomic mass is 10.1. The van der Waals surface area contributed by atoms with Gasteiger partial charge in [-0.3, -0.25) is 4.79 Å². The van der Waals surface area contributed by atoms with Gasteiger partial charge < -0.3 is 20.5 Å². The van der Waals surface area contributed by atoms with Gasteiger partial charge in [-0.05, 0) is 52.0 Å². The highest BCUT2D eigenvalue weighted by molar-refractivity contribution is 5.78. The van der Waals surface area contributed by atoms with Crippen LogP contribution in [0.15, 0.2) is 24.3 Å². The first-order valence-corrected chi connectivity index (χ1v) is 7.29. The van der Waals surface area contributed by atoms with Crippen molar-refractivity contribution >= 4 is 5.91 Å². The number of aliphatic hydroxyl groups is 1. The van der Waals surface area contributed by atoms with Crippen molar-refractivity contribution in [3.8, 4) is 5.75 Å². The quantitative estimate of drug-likeness (QED) is 0.682. The van der Waals surface area contributed by atoms with E-state index in [1.54, 1.807) is 6.92 Å². The van der Waals surface area contributed by atoms with E-state index in [0.29, 0.717) is 12.3 Å². The minimum atomic E-state index is -0.297. The fraction of sp³-hybridized carbons (Fsp3) is 0.562. The smallest absolute Gasteiger partial charge is 0.258 e. The lowest BCUT2D eigenvalue weighted by Crippen LogP contribution is -2.84. The molecular weight excluding hydrogens is 268 g/mol. The summed E-state index contributed by atoms with van der Waals surface area (Å²) in [5.74, 6) is 0.551. The Kier molecular flexibility index (Phi) is 6.65. The first-order chi connectivity index (χ1) is 9.76. The van der Waals surface area contributed by atoms with Gasteiger partial charge in [-0.1, -0.05) is 0 Å². The molecule has 1 aromatic carbocycles. The Hall–Kier alpha value is -1.59. The SMILES string of the molecule is C[C@@H](O)C[NH2+]Cc1ccc(OCC(=O)NC(C)(C)C)cc1. The molecule has 5 nitrogen and oxygen atoms in total. The normalized spacial score (nSPS) is 12.8. The number of nitrogens with two attached hydrogens (primary N) is 1. The zero-order valence-corrected chi connectivity index (χ0v) is 13.3. The molecule has 0 heterocycles. The van der Waals surface area contributed by atoms with E-state index in [0.717, 1.165) is 12.1 Å². The summed E-state index contributed by atoms with van der Waals surface area (Å²) in [6.07, 6.45) is -0.297. The molecule has 0 aromatic heterocycles. The molecule has 0 bridgehead atoms. The number of rotatable bonds is 7. The van der Waals surface area contributed by atoms with Crippen LogP contribution in [-0.2, 0) is 11.3 Å². The predicted molar refractivity (Wildman–Crippen MR) is 82.0 cm³/mol. The summed E-state index contributed by atoms with van der Waals surface area (Å²) in [5, 5.41) is 14.1. The van der Waals surface area contributed by atoms with E-state index >= 15 is 0 Å². The predicted octanol–water partition coefficient (Wildman–Crippen LogP) is 0.424. The molecule has 118 valence electrons. The van der Waals surface area contributed by atoms with Gasteiger partial charge in [0.2, 0.25) is 0 Å². The molecule has 1 rings (SSSR count). The molecule has 0 aliphatic heterocycles. The summed E-state index contributed by atoms with van der Waals surface area (Å²) >= 11 is 0. The Morgan fingerprint density at radius 3 is 2.48 bits per heavy atom. The third-order valence-electron chi connectivity index (χ3n) is 2.70. The number of aliphatic hydroxyl groups excluding tert-OH is 1. The first-order valence-electron chi connectivity index (χ1n) is 7.29. The Bertz CT molecular complexity index is 436. The highest BCUT2D eigenvalue weighted by Crippen LogP contribution is 2.11. The number of hydrogen-bond donors (Lipinski definition) is 3. The van der Waals surface area contributed by atoms with Crippen molar-refractivity contribution in [1.29, 1.82) is 0 Å². The highest BCUT2D eigenvalue weighted by Gasteiger charge is 2.13. The number of nitrogens with one attached hydrogen (secondary N) is 1. The highest BCUT2D eigenvalue weighted by atomic mass is 16.5. The number of amides is 1. The van der Waals surface area contributed by atoms with Gasteiger partial charge in [-0.25, -0.2) is 0 Å². The monoisotopic (exact) mass is 295 g/mol. The molecule has 0 saturated carbocycles. The molecule has 0 radical (unpaired) electrons. The number of benzene rings is 1. The van der Waals surface area contributed by atoms with Crippen LogP contribution in [0.4, 0.5) is 0 Å². The van der Waals surface area contributed by atoms with Gasteiger partial charge in [0.15, 0.2) is 6.61 Å². The lowest BCUT2D eigenvalue weighted by molar-refractivity contribution is -0.676. The second kappa shape index (κ2) is 8.00. The molecule has 0 fully saturated rings. The fourth-order valence-electron chi connectivity index (χ4n) is 1.82. The number of hydrogen-bond acceptors (Lipinski definition) is 3. The van der Waals surface area contributed by atoms with Crippen LogP contribution in [0.1, 0.15) is 33.3 Å². The minimum absolute atomic E-state index is 0.0186. The van der Waals surface area contributed by atoms with Crippen molar-refractivity contribution < 1.29 is 20.0 Å². The van der Waals surface area contributed by atoms with Gasteiger partial charge >= 0.3 is 0 Å². The summed E-state index contributed by atoms with van der Waals surface area (Å²) in [6.45, 7) is 9.10. The Labute approximate surface area is 126 Å². The fourth-order valence-corrected chi connectivity index (χ4v) is 1.82. The molecule has 1 aromatic rings. The third-order valence-corrected chi connectivity index (χ3v) is 2.70. The summed E-state index contributed by atoms with van der Waals surface area (Å²) in [7, 11) is 0. The molecule has 0 unspecified atom stereocenters. The van der Waals surface area contributed by atoms with Crippen molar-refractivity contribution in [3.63, 3.8) is 0 Å². The molecule has 0 aliphatic carbocycles. The zero-order valence-electron chi connectivity index (χ0n) is 13.3. The Morgan fingerprint density at radius 2 is 1.95 bits per heavy atom. The van der Waals surface area contributed by atoms with Crippen LogP contribution >= 0.6 is 0 Å². The van der Waals surface area contributed by atoms with Crippen LogP contribution in [0.5, 0.6) is 5.75 Å². The minimum Gasteiger partial charge on any atom is -0.484 e. The second-order valence-corrected chi connectivity index (χ2v) is 6.31. The Balaban J connectivity index is 2.35. The van der Waals surface area contributed by atoms with Gasteiger partial charge in [0.1, 0.15) is 18.8 Å². The van der Waals surface area contributed by atoms with E-state index in [1.165, 1.54) is 0 Å². The molecule has 0 saturated heterocycles. The topological polar surface area (TPSA) is 75.2 Å². The molecule has 21 heavy (non-hydrogen) atoms. The van der Waals surface area contributed by atoms with E-state index in [1.807, 2.05) is 45.0 Å². The maximum Gasteiger partial charge on any atom is 0.258 e. The maximum atomic E-state index is 11.6. The number of carbonyl (C=O) groups excluding carboxylic acids is 1. The van der Waals surface area contributed by atoms with Crippen LogP contribution in [0.3, 0.4) is 0 Å². The van der Waals surface area contributed by atoms with Gasteiger partial charge in [-0.2, -0.15) is 0 Å². The summed E-state index contributed by atoms with van der Waals surface area (Å²) in [6, 6.07) is 7.65. The van der Waals surface area contributed by atoms with Crippen LogP contribution in [-0.4, -0.2) is 35.8 Å². The summed E-state index contributed by atoms with van der Waals surface area (Å²) in [5.41, 5.74) is 0.909. The molecular formula is C16H27N2O3+. The van der Waals surface area contributed by atoms with Gasteiger partial charge in [0.05, 0.1) is 6.10 Å². The van der Waals surface area contributed by atoms with Crippen LogP contribution in [0, 0.1) is 0 Å². The summed E-state index contributed by atoms with van der Waals surface area (Å²) in [4.78, 5) is 11.6. The lowest BCUT2D eigenvalue weighted by Gasteiger charge is -2.20. The average Bonchev–Trinajstić information content (AvgIpc) is 2.35. The first kappa shape index (κ1) is 17.5. The zero-order chi connectivity index (χ0) is 15.9. The van der Waals surface area contributed by atoms with Crippen molar-refractivity contribution in [2.24, 2.45) is 0 Å². The van der Waals surface area contributed by atoms with E-state index in [2.05, 4.69) is 10.6 Å². The third kappa shape index (κ3) is 8.32. The van der Waals surface area contributed by atoms with Crippen LogP contribution in [0.2, 0.25) is 0 Å². The van der Waals surface area contributed by atoms with Crippen molar-refractivity contribution in [1.82, 2.24) is 5.32 Å². The van der Waals surface area contributed by atoms with Gasteiger partial charge in [-0.15, -0.1) is 0 Å². The van der Waals surface area contributed by atoms with Crippen molar-refractivity contribution in [3.05, 3.63) is 29.8 Å². The maximum absolute atomic E-state index is 11.6. The van der Waals surface area contributed by atoms with Crippen molar-refractivity contribution in [2.75, 3.05) is 13.2 Å². The van der Waals surface area contributed by atoms with E-state index in [4.69, 9.17) is 4.74 Å². The molecule has 1 atom stereocenters. The largest absolute Gasteiger partial charge is 0.484 e. The number of quaternary nitrogens is 1. The van der Waals surface area contributed by atoms with E-state index in [-0.39, 0.29) is 24.2 Å². The van der Waals surface area contributed by atoms with Crippen LogP contribution < -0.4 is 15.4 Å². The Morgan fingerprint density at radius 1 is 1.33 bits per heavy atom. The molecule has 1 amide bonds. The van der Waals surface area contributed by atoms with Gasteiger partial charge in [0.25, 0.3) is 5.91 Å². The molecule has 5 heteroatoms.